The number of halogens is 1. The van der Waals surface area contributed by atoms with Gasteiger partial charge in [0.05, 0.1) is 11.6 Å². The molecular weight excluding hydrogens is 379 g/mol. The van der Waals surface area contributed by atoms with Crippen molar-refractivity contribution in [3.63, 3.8) is 0 Å². The lowest BCUT2D eigenvalue weighted by Crippen LogP contribution is -2.28. The van der Waals surface area contributed by atoms with Crippen LogP contribution in [-0.2, 0) is 9.53 Å². The highest BCUT2D eigenvalue weighted by atomic mass is 19.1. The third-order valence-corrected chi connectivity index (χ3v) is 4.09. The summed E-state index contributed by atoms with van der Waals surface area (Å²) in [5, 5.41) is 29.6. The number of carbonyl (C=O) groups is 2. The molecule has 0 fully saturated rings. The normalized spacial score (nSPS) is 12.2. The number of phenols is 1. The average Bonchev–Trinajstić information content (AvgIpc) is 2.67. The molecule has 3 N–H and O–H groups in total. The Morgan fingerprint density at radius 2 is 1.90 bits per heavy atom. The molecule has 1 atom stereocenters. The summed E-state index contributed by atoms with van der Waals surface area (Å²) in [6.45, 7) is 3.24. The fraction of sp³-hybridized carbons (Fsp3) is 0.190. The molecule has 2 aromatic carbocycles. The van der Waals surface area contributed by atoms with Crippen LogP contribution in [0.5, 0.6) is 5.75 Å². The lowest BCUT2D eigenvalue weighted by Gasteiger charge is -2.31. The molecule has 0 heterocycles. The largest absolute Gasteiger partial charge is 0.505 e. The molecule has 29 heavy (non-hydrogen) atoms. The Bertz CT molecular complexity index is 978. The Morgan fingerprint density at radius 1 is 1.24 bits per heavy atom. The molecule has 0 radical (unpaired) electrons. The van der Waals surface area contributed by atoms with E-state index in [4.69, 9.17) is 15.1 Å². The number of carboxylic acid groups (broad SMARTS) is 1. The fourth-order valence-corrected chi connectivity index (χ4v) is 2.59. The van der Waals surface area contributed by atoms with Crippen molar-refractivity contribution in [3.05, 3.63) is 71.6 Å². The van der Waals surface area contributed by atoms with E-state index < -0.39 is 35.1 Å². The minimum atomic E-state index is -1.18. The van der Waals surface area contributed by atoms with Gasteiger partial charge in [-0.15, -0.1) is 0 Å². The summed E-state index contributed by atoms with van der Waals surface area (Å²) < 4.78 is 19.3. The second-order valence-electron chi connectivity index (χ2n) is 6.80. The van der Waals surface area contributed by atoms with Crippen LogP contribution in [0.15, 0.2) is 54.6 Å². The standard InChI is InChI=1S/C21H19FN2O5/c1-21(2,10-9-18(26)27)19(14-5-8-17(25)16(22)11-14)29-20(28)24-15-6-3-13(12-23)4-7-15/h3-11,19,25H,1-2H3,(H,24,28)(H,26,27)/b10-9+/t19-/m0/s1. The van der Waals surface area contributed by atoms with E-state index >= 15 is 0 Å². The molecular formula is C21H19FN2O5. The zero-order valence-electron chi connectivity index (χ0n) is 15.7. The number of benzene rings is 2. The number of phenolic OH excluding ortho intramolecular Hbond substituents is 1. The van der Waals surface area contributed by atoms with Gasteiger partial charge in [-0.3, -0.25) is 5.32 Å². The molecule has 0 unspecified atom stereocenters. The number of nitriles is 1. The van der Waals surface area contributed by atoms with Crippen LogP contribution in [0.1, 0.15) is 31.1 Å². The third-order valence-electron chi connectivity index (χ3n) is 4.09. The van der Waals surface area contributed by atoms with Gasteiger partial charge in [0.2, 0.25) is 0 Å². The van der Waals surface area contributed by atoms with Crippen molar-refractivity contribution < 1.29 is 28.9 Å². The fourth-order valence-electron chi connectivity index (χ4n) is 2.59. The molecule has 8 heteroatoms. The SMILES string of the molecule is CC(C)(/C=C/C(=O)O)[C@@H](OC(=O)Nc1ccc(C#N)cc1)c1ccc(O)c(F)c1. The smallest absolute Gasteiger partial charge is 0.412 e. The molecule has 1 amide bonds. The summed E-state index contributed by atoms with van der Waals surface area (Å²) in [5.74, 6) is -2.65. The summed E-state index contributed by atoms with van der Waals surface area (Å²) in [5.41, 5.74) is 0.00391. The van der Waals surface area contributed by atoms with Gasteiger partial charge in [0.1, 0.15) is 6.10 Å². The van der Waals surface area contributed by atoms with E-state index in [9.17, 15) is 19.1 Å². The number of aliphatic carboxylic acids is 1. The second-order valence-corrected chi connectivity index (χ2v) is 6.80. The molecule has 0 spiro atoms. The van der Waals surface area contributed by atoms with Crippen LogP contribution in [0.4, 0.5) is 14.9 Å². The van der Waals surface area contributed by atoms with Crippen molar-refractivity contribution in [1.29, 1.82) is 5.26 Å². The van der Waals surface area contributed by atoms with Gasteiger partial charge in [-0.2, -0.15) is 5.26 Å². The van der Waals surface area contributed by atoms with Gasteiger partial charge in [-0.05, 0) is 42.0 Å². The Balaban J connectivity index is 2.30. The Kier molecular flexibility index (Phi) is 6.57. The number of anilines is 1. The first-order chi connectivity index (χ1) is 13.6. The summed E-state index contributed by atoms with van der Waals surface area (Å²) in [7, 11) is 0. The first kappa shape index (κ1) is 21.4. The van der Waals surface area contributed by atoms with Crippen LogP contribution in [0, 0.1) is 22.6 Å². The maximum absolute atomic E-state index is 13.9. The van der Waals surface area contributed by atoms with Crippen LogP contribution in [-0.4, -0.2) is 22.3 Å². The number of rotatable bonds is 6. The third kappa shape index (κ3) is 5.81. The molecule has 2 rings (SSSR count). The van der Waals surface area contributed by atoms with E-state index in [1.807, 2.05) is 6.07 Å². The topological polar surface area (TPSA) is 120 Å². The van der Waals surface area contributed by atoms with Crippen LogP contribution in [0.25, 0.3) is 0 Å². The number of nitrogens with one attached hydrogen (secondary N) is 1. The van der Waals surface area contributed by atoms with Gasteiger partial charge >= 0.3 is 12.1 Å². The number of aromatic hydroxyl groups is 1. The van der Waals surface area contributed by atoms with Gasteiger partial charge in [0.25, 0.3) is 0 Å². The van der Waals surface area contributed by atoms with E-state index in [1.165, 1.54) is 36.4 Å². The highest BCUT2D eigenvalue weighted by Gasteiger charge is 2.33. The lowest BCUT2D eigenvalue weighted by atomic mass is 9.82. The van der Waals surface area contributed by atoms with E-state index in [2.05, 4.69) is 5.32 Å². The maximum atomic E-state index is 13.9. The predicted molar refractivity (Wildman–Crippen MR) is 103 cm³/mol. The second kappa shape index (κ2) is 8.89. The number of hydrogen-bond donors (Lipinski definition) is 3. The van der Waals surface area contributed by atoms with E-state index in [0.717, 1.165) is 18.2 Å². The number of carboxylic acids is 1. The minimum absolute atomic E-state index is 0.232. The Hall–Kier alpha value is -3.86. The molecule has 7 nitrogen and oxygen atoms in total. The molecule has 0 bridgehead atoms. The molecule has 0 aromatic heterocycles. The maximum Gasteiger partial charge on any atom is 0.412 e. The van der Waals surface area contributed by atoms with Crippen LogP contribution >= 0.6 is 0 Å². The van der Waals surface area contributed by atoms with Crippen molar-refractivity contribution in [2.75, 3.05) is 5.32 Å². The molecule has 0 aliphatic rings. The van der Waals surface area contributed by atoms with E-state index in [0.29, 0.717) is 11.3 Å². The average molecular weight is 398 g/mol. The number of nitrogens with zero attached hydrogens (tertiary/aromatic N) is 1. The van der Waals surface area contributed by atoms with Gasteiger partial charge in [0, 0.05) is 17.2 Å². The predicted octanol–water partition coefficient (Wildman–Crippen LogP) is 4.36. The minimum Gasteiger partial charge on any atom is -0.505 e. The monoisotopic (exact) mass is 398 g/mol. The lowest BCUT2D eigenvalue weighted by molar-refractivity contribution is -0.131. The van der Waals surface area contributed by atoms with Crippen LogP contribution in [0.3, 0.4) is 0 Å². The van der Waals surface area contributed by atoms with Gasteiger partial charge in [0.15, 0.2) is 11.6 Å². The first-order valence-corrected chi connectivity index (χ1v) is 8.51. The zero-order valence-corrected chi connectivity index (χ0v) is 15.7. The molecule has 2 aromatic rings. The molecule has 0 saturated carbocycles. The molecule has 0 aliphatic heterocycles. The van der Waals surface area contributed by atoms with Gasteiger partial charge < -0.3 is 14.9 Å². The quantitative estimate of drug-likeness (QED) is 0.622. The van der Waals surface area contributed by atoms with Gasteiger partial charge in [-0.1, -0.05) is 26.0 Å². The summed E-state index contributed by atoms with van der Waals surface area (Å²) in [6.07, 6.45) is 0.322. The number of hydrogen-bond acceptors (Lipinski definition) is 5. The highest BCUT2D eigenvalue weighted by molar-refractivity contribution is 5.85. The van der Waals surface area contributed by atoms with E-state index in [-0.39, 0.29) is 5.56 Å². The van der Waals surface area contributed by atoms with Crippen molar-refractivity contribution in [2.45, 2.75) is 20.0 Å². The zero-order chi connectivity index (χ0) is 21.6. The summed E-state index contributed by atoms with van der Waals surface area (Å²) in [4.78, 5) is 23.3. The van der Waals surface area contributed by atoms with Crippen LogP contribution < -0.4 is 5.32 Å². The first-order valence-electron chi connectivity index (χ1n) is 8.51. The van der Waals surface area contributed by atoms with Gasteiger partial charge in [-0.25, -0.2) is 14.0 Å². The van der Waals surface area contributed by atoms with E-state index in [1.54, 1.807) is 13.8 Å². The number of ether oxygens (including phenoxy) is 1. The highest BCUT2D eigenvalue weighted by Crippen LogP contribution is 2.39. The number of carbonyl (C=O) groups excluding carboxylic acids is 1. The molecule has 150 valence electrons. The summed E-state index contributed by atoms with van der Waals surface area (Å²) in [6, 6.07) is 11.6. The number of amides is 1. The van der Waals surface area contributed by atoms with Crippen molar-refractivity contribution in [2.24, 2.45) is 5.41 Å². The Morgan fingerprint density at radius 3 is 2.45 bits per heavy atom. The summed E-state index contributed by atoms with van der Waals surface area (Å²) >= 11 is 0. The molecule has 0 aliphatic carbocycles. The Labute approximate surface area is 166 Å². The molecule has 0 saturated heterocycles. The van der Waals surface area contributed by atoms with Crippen molar-refractivity contribution in [1.82, 2.24) is 0 Å². The van der Waals surface area contributed by atoms with Crippen molar-refractivity contribution in [3.8, 4) is 11.8 Å². The van der Waals surface area contributed by atoms with Crippen molar-refractivity contribution >= 4 is 17.7 Å². The van der Waals surface area contributed by atoms with Crippen LogP contribution in [0.2, 0.25) is 0 Å².